The summed E-state index contributed by atoms with van der Waals surface area (Å²) in [4.78, 5) is 37.2. The summed E-state index contributed by atoms with van der Waals surface area (Å²) in [5, 5.41) is 8.63. The number of carbonyl (C=O) groups is 3. The van der Waals surface area contributed by atoms with Crippen molar-refractivity contribution in [3.8, 4) is 0 Å². The van der Waals surface area contributed by atoms with Crippen molar-refractivity contribution >= 4 is 29.5 Å². The summed E-state index contributed by atoms with van der Waals surface area (Å²) in [6.07, 6.45) is 5.88. The van der Waals surface area contributed by atoms with Gasteiger partial charge in [-0.3, -0.25) is 14.4 Å². The van der Waals surface area contributed by atoms with Gasteiger partial charge in [0.05, 0.1) is 11.3 Å². The summed E-state index contributed by atoms with van der Waals surface area (Å²) in [6, 6.07) is 24.2. The highest BCUT2D eigenvalue weighted by molar-refractivity contribution is 6.07. The first kappa shape index (κ1) is 23.0. The van der Waals surface area contributed by atoms with Crippen LogP contribution in [-0.2, 0) is 11.2 Å². The Balaban J connectivity index is 1.31. The number of nitrogens with one attached hydrogen (secondary N) is 3. The van der Waals surface area contributed by atoms with Gasteiger partial charge in [-0.1, -0.05) is 54.6 Å². The summed E-state index contributed by atoms with van der Waals surface area (Å²) < 4.78 is 0. The number of hydrogen-bond donors (Lipinski definition) is 3. The zero-order chi connectivity index (χ0) is 23.8. The van der Waals surface area contributed by atoms with E-state index in [0.29, 0.717) is 29.4 Å². The van der Waals surface area contributed by atoms with Crippen LogP contribution in [0.5, 0.6) is 0 Å². The molecule has 1 aliphatic carbocycles. The molecule has 0 heterocycles. The Hall–Kier alpha value is -4.19. The number of amides is 3. The standard InChI is InChI=1S/C28H27N3O3/c32-26(17-12-21-10-13-22(14-11-21)27(33)30-23-15-16-23)31-25-9-5-4-8-24(25)28(34)29-19-18-20-6-2-1-3-7-20/h1-14,17,23H,15-16,18-19H2,(H,29,34)(H,30,33)(H,31,32)/b17-12+. The van der Waals surface area contributed by atoms with Gasteiger partial charge < -0.3 is 16.0 Å². The second-order valence-corrected chi connectivity index (χ2v) is 8.23. The van der Waals surface area contributed by atoms with Crippen molar-refractivity contribution in [3.05, 3.63) is 107 Å². The zero-order valence-electron chi connectivity index (χ0n) is 18.8. The van der Waals surface area contributed by atoms with Crippen LogP contribution in [-0.4, -0.2) is 30.3 Å². The molecule has 1 saturated carbocycles. The Morgan fingerprint density at radius 2 is 1.53 bits per heavy atom. The van der Waals surface area contributed by atoms with Crippen LogP contribution >= 0.6 is 0 Å². The molecule has 34 heavy (non-hydrogen) atoms. The fraction of sp³-hybridized carbons (Fsp3) is 0.179. The van der Waals surface area contributed by atoms with E-state index in [1.54, 1.807) is 54.6 Å². The molecule has 0 aromatic heterocycles. The number of hydrogen-bond acceptors (Lipinski definition) is 3. The molecule has 6 nitrogen and oxygen atoms in total. The number of anilines is 1. The second kappa shape index (κ2) is 11.1. The van der Waals surface area contributed by atoms with Gasteiger partial charge in [-0.05, 0) is 60.7 Å². The SMILES string of the molecule is O=C(/C=C/c1ccc(C(=O)NC2CC2)cc1)Nc1ccccc1C(=O)NCCc1ccccc1. The Morgan fingerprint density at radius 1 is 0.824 bits per heavy atom. The summed E-state index contributed by atoms with van der Waals surface area (Å²) in [6.45, 7) is 0.500. The van der Waals surface area contributed by atoms with Crippen molar-refractivity contribution in [3.63, 3.8) is 0 Å². The zero-order valence-corrected chi connectivity index (χ0v) is 18.8. The van der Waals surface area contributed by atoms with Gasteiger partial charge in [-0.2, -0.15) is 0 Å². The molecule has 4 rings (SSSR count). The van der Waals surface area contributed by atoms with Crippen LogP contribution in [0.3, 0.4) is 0 Å². The Labute approximate surface area is 199 Å². The lowest BCUT2D eigenvalue weighted by Crippen LogP contribution is -2.27. The maximum absolute atomic E-state index is 12.7. The van der Waals surface area contributed by atoms with E-state index in [0.717, 1.165) is 30.4 Å². The Bertz CT molecular complexity index is 1180. The molecule has 1 fully saturated rings. The van der Waals surface area contributed by atoms with Gasteiger partial charge in [-0.15, -0.1) is 0 Å². The van der Waals surface area contributed by atoms with E-state index in [4.69, 9.17) is 0 Å². The van der Waals surface area contributed by atoms with Crippen LogP contribution in [0.25, 0.3) is 6.08 Å². The number of benzene rings is 3. The number of para-hydroxylation sites is 1. The third kappa shape index (κ3) is 6.65. The fourth-order valence-corrected chi connectivity index (χ4v) is 3.44. The maximum atomic E-state index is 12.7. The van der Waals surface area contributed by atoms with Crippen molar-refractivity contribution in [2.75, 3.05) is 11.9 Å². The predicted molar refractivity (Wildman–Crippen MR) is 134 cm³/mol. The summed E-state index contributed by atoms with van der Waals surface area (Å²) >= 11 is 0. The van der Waals surface area contributed by atoms with Crippen molar-refractivity contribution in [2.24, 2.45) is 0 Å². The van der Waals surface area contributed by atoms with E-state index >= 15 is 0 Å². The van der Waals surface area contributed by atoms with Gasteiger partial charge in [0.15, 0.2) is 0 Å². The van der Waals surface area contributed by atoms with Crippen LogP contribution in [0.4, 0.5) is 5.69 Å². The molecule has 172 valence electrons. The molecular weight excluding hydrogens is 426 g/mol. The first-order chi connectivity index (χ1) is 16.6. The largest absolute Gasteiger partial charge is 0.352 e. The van der Waals surface area contributed by atoms with Crippen LogP contribution < -0.4 is 16.0 Å². The van der Waals surface area contributed by atoms with E-state index in [1.807, 2.05) is 30.3 Å². The van der Waals surface area contributed by atoms with Crippen molar-refractivity contribution in [1.82, 2.24) is 10.6 Å². The summed E-state index contributed by atoms with van der Waals surface area (Å²) in [5.41, 5.74) is 3.39. The lowest BCUT2D eigenvalue weighted by molar-refractivity contribution is -0.111. The van der Waals surface area contributed by atoms with E-state index in [-0.39, 0.29) is 17.7 Å². The molecule has 0 radical (unpaired) electrons. The van der Waals surface area contributed by atoms with E-state index < -0.39 is 0 Å². The molecule has 3 N–H and O–H groups in total. The molecule has 1 aliphatic rings. The van der Waals surface area contributed by atoms with Crippen LogP contribution in [0.1, 0.15) is 44.7 Å². The van der Waals surface area contributed by atoms with Gasteiger partial charge in [0.1, 0.15) is 0 Å². The molecule has 0 aliphatic heterocycles. The smallest absolute Gasteiger partial charge is 0.253 e. The topological polar surface area (TPSA) is 87.3 Å². The Kier molecular flexibility index (Phi) is 7.50. The van der Waals surface area contributed by atoms with Crippen LogP contribution in [0.15, 0.2) is 84.9 Å². The third-order valence-electron chi connectivity index (χ3n) is 5.48. The van der Waals surface area contributed by atoms with E-state index in [1.165, 1.54) is 6.08 Å². The van der Waals surface area contributed by atoms with Gasteiger partial charge in [-0.25, -0.2) is 0 Å². The van der Waals surface area contributed by atoms with Crippen molar-refractivity contribution < 1.29 is 14.4 Å². The highest BCUT2D eigenvalue weighted by Gasteiger charge is 2.23. The normalized spacial score (nSPS) is 12.8. The highest BCUT2D eigenvalue weighted by atomic mass is 16.2. The van der Waals surface area contributed by atoms with E-state index in [2.05, 4.69) is 16.0 Å². The lowest BCUT2D eigenvalue weighted by atomic mass is 10.1. The quantitative estimate of drug-likeness (QED) is 0.424. The molecule has 3 aromatic rings. The maximum Gasteiger partial charge on any atom is 0.253 e. The number of rotatable bonds is 9. The molecule has 0 saturated heterocycles. The summed E-state index contributed by atoms with van der Waals surface area (Å²) in [7, 11) is 0. The molecule has 0 bridgehead atoms. The molecule has 3 aromatic carbocycles. The molecular formula is C28H27N3O3. The monoisotopic (exact) mass is 453 g/mol. The molecule has 0 spiro atoms. The summed E-state index contributed by atoms with van der Waals surface area (Å²) in [5.74, 6) is -0.662. The predicted octanol–water partition coefficient (Wildman–Crippen LogP) is 4.20. The molecule has 6 heteroatoms. The average Bonchev–Trinajstić information content (AvgIpc) is 3.68. The average molecular weight is 454 g/mol. The molecule has 3 amide bonds. The third-order valence-corrected chi connectivity index (χ3v) is 5.48. The van der Waals surface area contributed by atoms with Gasteiger partial charge in [0.25, 0.3) is 11.8 Å². The first-order valence-corrected chi connectivity index (χ1v) is 11.4. The minimum Gasteiger partial charge on any atom is -0.352 e. The molecule has 0 atom stereocenters. The Morgan fingerprint density at radius 3 is 2.26 bits per heavy atom. The first-order valence-electron chi connectivity index (χ1n) is 11.4. The van der Waals surface area contributed by atoms with Crippen molar-refractivity contribution in [1.29, 1.82) is 0 Å². The minimum absolute atomic E-state index is 0.0746. The van der Waals surface area contributed by atoms with Crippen molar-refractivity contribution in [2.45, 2.75) is 25.3 Å². The number of carbonyl (C=O) groups excluding carboxylic acids is 3. The highest BCUT2D eigenvalue weighted by Crippen LogP contribution is 2.19. The minimum atomic E-state index is -0.347. The second-order valence-electron chi connectivity index (χ2n) is 8.23. The van der Waals surface area contributed by atoms with Crippen LogP contribution in [0.2, 0.25) is 0 Å². The lowest BCUT2D eigenvalue weighted by Gasteiger charge is -2.10. The molecule has 0 unspecified atom stereocenters. The fourth-order valence-electron chi connectivity index (χ4n) is 3.44. The van der Waals surface area contributed by atoms with E-state index in [9.17, 15) is 14.4 Å². The van der Waals surface area contributed by atoms with Gasteiger partial charge >= 0.3 is 0 Å². The van der Waals surface area contributed by atoms with Crippen LogP contribution in [0, 0.1) is 0 Å². The van der Waals surface area contributed by atoms with Gasteiger partial charge in [0, 0.05) is 24.2 Å². The van der Waals surface area contributed by atoms with Gasteiger partial charge in [0.2, 0.25) is 5.91 Å².